The maximum Gasteiger partial charge on any atom is 0.0703 e. The lowest BCUT2D eigenvalue weighted by Gasteiger charge is -2.12. The molecule has 17 heavy (non-hydrogen) atoms. The highest BCUT2D eigenvalue weighted by Crippen LogP contribution is 2.26. The second-order valence-electron chi connectivity index (χ2n) is 4.61. The average molecular weight is 225 g/mol. The number of hydrogen-bond acceptors (Lipinski definition) is 3. The van der Waals surface area contributed by atoms with Crippen LogP contribution in [0.4, 0.5) is 5.69 Å². The van der Waals surface area contributed by atoms with Gasteiger partial charge in [-0.2, -0.15) is 0 Å². The zero-order chi connectivity index (χ0) is 11.8. The van der Waals surface area contributed by atoms with Gasteiger partial charge in [0, 0.05) is 36.8 Å². The maximum atomic E-state index is 5.80. The molecule has 86 valence electrons. The zero-order valence-corrected chi connectivity index (χ0v) is 9.80. The van der Waals surface area contributed by atoms with E-state index >= 15 is 0 Å². The van der Waals surface area contributed by atoms with E-state index in [0.717, 1.165) is 23.1 Å². The standard InChI is InChI=1S/C14H15N3/c1-17-5-4-10(9-17)12-6-11-7-13(15)2-3-14(11)16-8-12/h2-8,10H,9,15H2,1H3. The summed E-state index contributed by atoms with van der Waals surface area (Å²) < 4.78 is 0. The van der Waals surface area contributed by atoms with Gasteiger partial charge < -0.3 is 10.6 Å². The van der Waals surface area contributed by atoms with E-state index < -0.39 is 0 Å². The van der Waals surface area contributed by atoms with Crippen LogP contribution in [0.1, 0.15) is 11.5 Å². The van der Waals surface area contributed by atoms with Gasteiger partial charge in [-0.15, -0.1) is 0 Å². The van der Waals surface area contributed by atoms with Crippen molar-refractivity contribution in [3.63, 3.8) is 0 Å². The summed E-state index contributed by atoms with van der Waals surface area (Å²) in [6.07, 6.45) is 6.30. The van der Waals surface area contributed by atoms with Crippen LogP contribution in [0.2, 0.25) is 0 Å². The van der Waals surface area contributed by atoms with Crippen molar-refractivity contribution in [3.8, 4) is 0 Å². The van der Waals surface area contributed by atoms with E-state index in [-0.39, 0.29) is 0 Å². The summed E-state index contributed by atoms with van der Waals surface area (Å²) in [6.45, 7) is 1.02. The van der Waals surface area contributed by atoms with Crippen LogP contribution in [0.15, 0.2) is 42.7 Å². The Balaban J connectivity index is 2.04. The van der Waals surface area contributed by atoms with Gasteiger partial charge in [0.15, 0.2) is 0 Å². The van der Waals surface area contributed by atoms with Gasteiger partial charge in [0.25, 0.3) is 0 Å². The van der Waals surface area contributed by atoms with Crippen molar-refractivity contribution in [1.29, 1.82) is 0 Å². The number of pyridine rings is 1. The molecule has 1 aromatic heterocycles. The van der Waals surface area contributed by atoms with Crippen LogP contribution >= 0.6 is 0 Å². The lowest BCUT2D eigenvalue weighted by Crippen LogP contribution is -2.11. The molecular formula is C14H15N3. The Hall–Kier alpha value is -2.03. The highest BCUT2D eigenvalue weighted by Gasteiger charge is 2.15. The molecule has 1 aliphatic heterocycles. The first-order chi connectivity index (χ1) is 8.22. The highest BCUT2D eigenvalue weighted by atomic mass is 15.1. The molecule has 2 N–H and O–H groups in total. The number of fused-ring (bicyclic) bond motifs is 1. The van der Waals surface area contributed by atoms with Crippen LogP contribution in [0.25, 0.3) is 10.9 Å². The summed E-state index contributed by atoms with van der Waals surface area (Å²) in [5.41, 5.74) is 8.84. The zero-order valence-electron chi connectivity index (χ0n) is 9.80. The molecule has 0 radical (unpaired) electrons. The number of aromatic nitrogens is 1. The molecule has 0 amide bonds. The molecule has 1 aromatic carbocycles. The van der Waals surface area contributed by atoms with Gasteiger partial charge in [0.2, 0.25) is 0 Å². The highest BCUT2D eigenvalue weighted by molar-refractivity contribution is 5.82. The van der Waals surface area contributed by atoms with Crippen molar-refractivity contribution >= 4 is 16.6 Å². The summed E-state index contributed by atoms with van der Waals surface area (Å²) in [4.78, 5) is 6.67. The predicted molar refractivity (Wildman–Crippen MR) is 70.7 cm³/mol. The van der Waals surface area contributed by atoms with Crippen LogP contribution in [0.3, 0.4) is 0 Å². The van der Waals surface area contributed by atoms with Gasteiger partial charge in [-0.1, -0.05) is 6.08 Å². The van der Waals surface area contributed by atoms with Crippen LogP contribution in [0, 0.1) is 0 Å². The summed E-state index contributed by atoms with van der Waals surface area (Å²) in [7, 11) is 2.09. The molecule has 3 heteroatoms. The first-order valence-corrected chi connectivity index (χ1v) is 5.76. The van der Waals surface area contributed by atoms with Crippen LogP contribution in [-0.2, 0) is 0 Å². The fraction of sp³-hybridized carbons (Fsp3) is 0.214. The number of nitrogens with zero attached hydrogens (tertiary/aromatic N) is 2. The molecule has 0 saturated carbocycles. The Bertz CT molecular complexity index is 589. The topological polar surface area (TPSA) is 42.2 Å². The Labute approximate surface area is 101 Å². The Kier molecular flexibility index (Phi) is 2.25. The normalized spacial score (nSPS) is 19.1. The molecule has 3 rings (SSSR count). The molecule has 1 unspecified atom stereocenters. The number of hydrogen-bond donors (Lipinski definition) is 1. The summed E-state index contributed by atoms with van der Waals surface area (Å²) in [6, 6.07) is 8.02. The lowest BCUT2D eigenvalue weighted by molar-refractivity contribution is 0.475. The van der Waals surface area contributed by atoms with E-state index in [0.29, 0.717) is 5.92 Å². The molecule has 1 aliphatic rings. The lowest BCUT2D eigenvalue weighted by atomic mass is 10.0. The molecule has 0 aliphatic carbocycles. The minimum Gasteiger partial charge on any atom is -0.399 e. The summed E-state index contributed by atoms with van der Waals surface area (Å²) >= 11 is 0. The molecule has 3 nitrogen and oxygen atoms in total. The smallest absolute Gasteiger partial charge is 0.0703 e. The van der Waals surface area contributed by atoms with E-state index in [4.69, 9.17) is 5.73 Å². The number of nitrogens with two attached hydrogens (primary N) is 1. The van der Waals surface area contributed by atoms with Crippen LogP contribution < -0.4 is 5.73 Å². The summed E-state index contributed by atoms with van der Waals surface area (Å²) in [5, 5.41) is 1.12. The van der Waals surface area contributed by atoms with Gasteiger partial charge >= 0.3 is 0 Å². The molecule has 0 fully saturated rings. The number of nitrogen functional groups attached to an aromatic ring is 1. The summed E-state index contributed by atoms with van der Waals surface area (Å²) in [5.74, 6) is 0.443. The third kappa shape index (κ3) is 1.84. The monoisotopic (exact) mass is 225 g/mol. The Morgan fingerprint density at radius 3 is 3.00 bits per heavy atom. The molecule has 2 heterocycles. The van der Waals surface area contributed by atoms with Crippen molar-refractivity contribution < 1.29 is 0 Å². The first kappa shape index (κ1) is 10.1. The number of rotatable bonds is 1. The van der Waals surface area contributed by atoms with E-state index in [1.807, 2.05) is 24.4 Å². The number of likely N-dealkylation sites (N-methyl/N-ethyl adjacent to an activating group) is 1. The fourth-order valence-electron chi connectivity index (χ4n) is 2.27. The van der Waals surface area contributed by atoms with Crippen molar-refractivity contribution in [2.45, 2.75) is 5.92 Å². The molecular weight excluding hydrogens is 210 g/mol. The Morgan fingerprint density at radius 2 is 2.24 bits per heavy atom. The third-order valence-corrected chi connectivity index (χ3v) is 3.21. The van der Waals surface area contributed by atoms with Gasteiger partial charge in [0.05, 0.1) is 5.52 Å². The fourth-order valence-corrected chi connectivity index (χ4v) is 2.27. The van der Waals surface area contributed by atoms with Crippen LogP contribution in [0.5, 0.6) is 0 Å². The van der Waals surface area contributed by atoms with E-state index in [1.54, 1.807) is 0 Å². The predicted octanol–water partition coefficient (Wildman–Crippen LogP) is 2.36. The molecule has 1 atom stereocenters. The van der Waals surface area contributed by atoms with E-state index in [1.165, 1.54) is 5.56 Å². The number of benzene rings is 1. The van der Waals surface area contributed by atoms with Crippen LogP contribution in [-0.4, -0.2) is 23.5 Å². The molecule has 0 bridgehead atoms. The molecule has 2 aromatic rings. The minimum absolute atomic E-state index is 0.443. The van der Waals surface area contributed by atoms with Gasteiger partial charge in [0.1, 0.15) is 0 Å². The average Bonchev–Trinajstić information content (AvgIpc) is 2.75. The van der Waals surface area contributed by atoms with Crippen molar-refractivity contribution in [2.75, 3.05) is 19.3 Å². The Morgan fingerprint density at radius 1 is 1.35 bits per heavy atom. The maximum absolute atomic E-state index is 5.80. The van der Waals surface area contributed by atoms with Gasteiger partial charge in [-0.05, 0) is 36.0 Å². The van der Waals surface area contributed by atoms with Crippen molar-refractivity contribution in [2.24, 2.45) is 0 Å². The van der Waals surface area contributed by atoms with Gasteiger partial charge in [-0.3, -0.25) is 4.98 Å². The molecule has 0 saturated heterocycles. The molecule has 0 spiro atoms. The van der Waals surface area contributed by atoms with Crippen molar-refractivity contribution in [3.05, 3.63) is 48.3 Å². The largest absolute Gasteiger partial charge is 0.399 e. The van der Waals surface area contributed by atoms with Crippen molar-refractivity contribution in [1.82, 2.24) is 9.88 Å². The first-order valence-electron chi connectivity index (χ1n) is 5.76. The SMILES string of the molecule is CN1C=CC(c2cnc3ccc(N)cc3c2)C1. The second-order valence-corrected chi connectivity index (χ2v) is 4.61. The second kappa shape index (κ2) is 3.77. The number of anilines is 1. The minimum atomic E-state index is 0.443. The van der Waals surface area contributed by atoms with E-state index in [9.17, 15) is 0 Å². The van der Waals surface area contributed by atoms with Gasteiger partial charge in [-0.25, -0.2) is 0 Å². The third-order valence-electron chi connectivity index (χ3n) is 3.21. The quantitative estimate of drug-likeness (QED) is 0.757. The van der Waals surface area contributed by atoms with E-state index in [2.05, 4.69) is 35.3 Å².